The van der Waals surface area contributed by atoms with Crippen LogP contribution in [0.15, 0.2) is 17.5 Å². The number of nitrogens with one attached hydrogen (secondary N) is 1. The van der Waals surface area contributed by atoms with Crippen molar-refractivity contribution in [1.29, 1.82) is 5.26 Å². The highest BCUT2D eigenvalue weighted by atomic mass is 32.2. The average molecular weight is 272 g/mol. The van der Waals surface area contributed by atoms with E-state index in [0.29, 0.717) is 4.88 Å². The summed E-state index contributed by atoms with van der Waals surface area (Å²) in [5, 5.41) is 10.0. The van der Waals surface area contributed by atoms with E-state index in [-0.39, 0.29) is 30.9 Å². The molecule has 1 rings (SSSR count). The van der Waals surface area contributed by atoms with Crippen LogP contribution in [0.2, 0.25) is 0 Å². The van der Waals surface area contributed by atoms with Gasteiger partial charge in [0, 0.05) is 6.42 Å². The third kappa shape index (κ3) is 5.08. The SMILES string of the molecule is N#CCCCS(=O)(=O)NCC(=O)c1cccs1. The van der Waals surface area contributed by atoms with Crippen molar-refractivity contribution in [3.8, 4) is 6.07 Å². The summed E-state index contributed by atoms with van der Waals surface area (Å²) in [5.41, 5.74) is 0. The Bertz CT molecular complexity index is 500. The molecule has 1 aromatic heterocycles. The second-order valence-electron chi connectivity index (χ2n) is 3.30. The number of ketones is 1. The van der Waals surface area contributed by atoms with E-state index in [1.807, 2.05) is 6.07 Å². The summed E-state index contributed by atoms with van der Waals surface area (Å²) in [6.07, 6.45) is 0.471. The Labute approximate surface area is 104 Å². The van der Waals surface area contributed by atoms with E-state index in [9.17, 15) is 13.2 Å². The van der Waals surface area contributed by atoms with Gasteiger partial charge in [0.1, 0.15) is 0 Å². The van der Waals surface area contributed by atoms with Gasteiger partial charge < -0.3 is 0 Å². The number of nitrogens with zero attached hydrogens (tertiary/aromatic N) is 1. The zero-order valence-electron chi connectivity index (χ0n) is 9.05. The molecular weight excluding hydrogens is 260 g/mol. The molecule has 0 aliphatic heterocycles. The van der Waals surface area contributed by atoms with Gasteiger partial charge in [0.15, 0.2) is 5.78 Å². The van der Waals surface area contributed by atoms with Gasteiger partial charge in [-0.15, -0.1) is 11.3 Å². The first-order chi connectivity index (χ1) is 8.05. The van der Waals surface area contributed by atoms with Crippen LogP contribution in [0, 0.1) is 11.3 Å². The van der Waals surface area contributed by atoms with Crippen LogP contribution in [0.3, 0.4) is 0 Å². The largest absolute Gasteiger partial charge is 0.292 e. The maximum Gasteiger partial charge on any atom is 0.212 e. The number of thiophene rings is 1. The van der Waals surface area contributed by atoms with Gasteiger partial charge in [-0.05, 0) is 17.9 Å². The summed E-state index contributed by atoms with van der Waals surface area (Å²) in [4.78, 5) is 12.0. The smallest absolute Gasteiger partial charge is 0.212 e. The van der Waals surface area contributed by atoms with Gasteiger partial charge in [-0.3, -0.25) is 4.79 Å². The molecule has 1 heterocycles. The van der Waals surface area contributed by atoms with Crippen molar-refractivity contribution in [1.82, 2.24) is 4.72 Å². The van der Waals surface area contributed by atoms with Crippen molar-refractivity contribution < 1.29 is 13.2 Å². The van der Waals surface area contributed by atoms with Crippen LogP contribution in [0.25, 0.3) is 0 Å². The van der Waals surface area contributed by atoms with Crippen molar-refractivity contribution in [2.24, 2.45) is 0 Å². The van der Waals surface area contributed by atoms with Gasteiger partial charge >= 0.3 is 0 Å². The zero-order chi connectivity index (χ0) is 12.7. The van der Waals surface area contributed by atoms with Crippen LogP contribution < -0.4 is 4.72 Å². The molecule has 0 aliphatic carbocycles. The molecule has 0 unspecified atom stereocenters. The first-order valence-corrected chi connectivity index (χ1v) is 7.49. The lowest BCUT2D eigenvalue weighted by molar-refractivity contribution is 0.100. The minimum absolute atomic E-state index is 0.127. The Kier molecular flexibility index (Phi) is 5.28. The van der Waals surface area contributed by atoms with Gasteiger partial charge in [-0.25, -0.2) is 13.1 Å². The summed E-state index contributed by atoms with van der Waals surface area (Å²) in [6, 6.07) is 5.26. The number of sulfonamides is 1. The number of Topliss-reactive ketones (excluding diaryl/α,β-unsaturated/α-hetero) is 1. The van der Waals surface area contributed by atoms with Crippen LogP contribution in [-0.4, -0.2) is 26.5 Å². The number of hydrogen-bond donors (Lipinski definition) is 1. The highest BCUT2D eigenvalue weighted by molar-refractivity contribution is 7.89. The fourth-order valence-corrected chi connectivity index (χ4v) is 2.80. The number of unbranched alkanes of at least 4 members (excludes halogenated alkanes) is 1. The van der Waals surface area contributed by atoms with Crippen molar-refractivity contribution in [3.05, 3.63) is 22.4 Å². The minimum atomic E-state index is -3.46. The van der Waals surface area contributed by atoms with Crippen LogP contribution in [0.4, 0.5) is 0 Å². The predicted octanol–water partition coefficient (Wildman–Crippen LogP) is 1.15. The van der Waals surface area contributed by atoms with Crippen LogP contribution in [0.1, 0.15) is 22.5 Å². The Morgan fingerprint density at radius 1 is 1.53 bits per heavy atom. The third-order valence-corrected chi connectivity index (χ3v) is 4.27. The average Bonchev–Trinajstić information content (AvgIpc) is 2.80. The van der Waals surface area contributed by atoms with Crippen molar-refractivity contribution in [2.45, 2.75) is 12.8 Å². The van der Waals surface area contributed by atoms with E-state index in [4.69, 9.17) is 5.26 Å². The summed E-state index contributed by atoms with van der Waals surface area (Å²) >= 11 is 1.28. The summed E-state index contributed by atoms with van der Waals surface area (Å²) in [7, 11) is -3.46. The molecule has 0 amide bonds. The standard InChI is InChI=1S/C10H12N2O3S2/c11-5-1-2-7-17(14,15)12-8-9(13)10-4-3-6-16-10/h3-4,6,12H,1-2,7-8H2. The number of rotatable bonds is 7. The fraction of sp³-hybridized carbons (Fsp3) is 0.400. The summed E-state index contributed by atoms with van der Waals surface area (Å²) in [6.45, 7) is -0.227. The number of nitriles is 1. The maximum atomic E-state index is 11.5. The molecule has 17 heavy (non-hydrogen) atoms. The Balaban J connectivity index is 2.40. The molecule has 0 aliphatic rings. The number of hydrogen-bond acceptors (Lipinski definition) is 5. The second kappa shape index (κ2) is 6.49. The van der Waals surface area contributed by atoms with E-state index >= 15 is 0 Å². The summed E-state index contributed by atoms with van der Waals surface area (Å²) < 4.78 is 25.0. The second-order valence-corrected chi connectivity index (χ2v) is 6.18. The Morgan fingerprint density at radius 3 is 2.88 bits per heavy atom. The van der Waals surface area contributed by atoms with E-state index in [2.05, 4.69) is 4.72 Å². The van der Waals surface area contributed by atoms with Crippen molar-refractivity contribution in [3.63, 3.8) is 0 Å². The maximum absolute atomic E-state index is 11.5. The van der Waals surface area contributed by atoms with Gasteiger partial charge in [-0.1, -0.05) is 6.07 Å². The molecule has 1 aromatic rings. The van der Waals surface area contributed by atoms with Gasteiger partial charge in [0.05, 0.1) is 23.2 Å². The van der Waals surface area contributed by atoms with E-state index in [1.54, 1.807) is 17.5 Å². The highest BCUT2D eigenvalue weighted by Crippen LogP contribution is 2.08. The molecule has 92 valence electrons. The van der Waals surface area contributed by atoms with Crippen LogP contribution >= 0.6 is 11.3 Å². The van der Waals surface area contributed by atoms with Crippen LogP contribution in [-0.2, 0) is 10.0 Å². The van der Waals surface area contributed by atoms with Crippen LogP contribution in [0.5, 0.6) is 0 Å². The Hall–Kier alpha value is -1.23. The monoisotopic (exact) mass is 272 g/mol. The lowest BCUT2D eigenvalue weighted by Gasteiger charge is -2.03. The number of carbonyl (C=O) groups is 1. The van der Waals surface area contributed by atoms with Gasteiger partial charge in [-0.2, -0.15) is 5.26 Å². The molecule has 0 saturated heterocycles. The van der Waals surface area contributed by atoms with Gasteiger partial charge in [0.2, 0.25) is 10.0 Å². The molecule has 5 nitrogen and oxygen atoms in total. The molecule has 0 radical (unpaired) electrons. The molecular formula is C10H12N2O3S2. The summed E-state index contributed by atoms with van der Waals surface area (Å²) in [5.74, 6) is -0.373. The molecule has 0 atom stereocenters. The number of carbonyl (C=O) groups excluding carboxylic acids is 1. The third-order valence-electron chi connectivity index (χ3n) is 1.95. The van der Waals surface area contributed by atoms with Gasteiger partial charge in [0.25, 0.3) is 0 Å². The fourth-order valence-electron chi connectivity index (χ4n) is 1.11. The lowest BCUT2D eigenvalue weighted by Crippen LogP contribution is -2.31. The predicted molar refractivity (Wildman–Crippen MR) is 65.3 cm³/mol. The molecule has 0 saturated carbocycles. The quantitative estimate of drug-likeness (QED) is 0.596. The van der Waals surface area contributed by atoms with Crippen molar-refractivity contribution in [2.75, 3.05) is 12.3 Å². The van der Waals surface area contributed by atoms with E-state index in [1.165, 1.54) is 11.3 Å². The highest BCUT2D eigenvalue weighted by Gasteiger charge is 2.13. The van der Waals surface area contributed by atoms with E-state index < -0.39 is 10.0 Å². The zero-order valence-corrected chi connectivity index (χ0v) is 10.7. The molecule has 0 bridgehead atoms. The topological polar surface area (TPSA) is 87.0 Å². The molecule has 0 fully saturated rings. The molecule has 7 heteroatoms. The van der Waals surface area contributed by atoms with E-state index in [0.717, 1.165) is 0 Å². The Morgan fingerprint density at radius 2 is 2.29 bits per heavy atom. The molecule has 1 N–H and O–H groups in total. The minimum Gasteiger partial charge on any atom is -0.292 e. The normalized spacial score (nSPS) is 11.0. The first kappa shape index (κ1) is 13.8. The molecule has 0 spiro atoms. The molecule has 0 aromatic carbocycles. The van der Waals surface area contributed by atoms with Crippen molar-refractivity contribution >= 4 is 27.1 Å². The lowest BCUT2D eigenvalue weighted by atomic mass is 10.3. The first-order valence-electron chi connectivity index (χ1n) is 4.96.